The summed E-state index contributed by atoms with van der Waals surface area (Å²) in [6.07, 6.45) is 0.323. The Morgan fingerprint density at radius 2 is 2.00 bits per heavy atom. The van der Waals surface area contributed by atoms with Gasteiger partial charge in [-0.15, -0.1) is 10.2 Å². The molecule has 0 spiro atoms. The van der Waals surface area contributed by atoms with E-state index >= 15 is 0 Å². The first-order valence-corrected chi connectivity index (χ1v) is 5.31. The molecular formula is C11H14N4O. The number of fused-ring (bicyclic) bond motifs is 1. The molecule has 1 aromatic carbocycles. The number of aliphatic hydroxyl groups excluding tert-OH is 1. The summed E-state index contributed by atoms with van der Waals surface area (Å²) in [4.78, 5) is 4.29. The molecule has 2 rings (SSSR count). The highest BCUT2D eigenvalue weighted by molar-refractivity contribution is 5.73. The summed E-state index contributed by atoms with van der Waals surface area (Å²) in [7, 11) is 0. The quantitative estimate of drug-likeness (QED) is 0.807. The van der Waals surface area contributed by atoms with Gasteiger partial charge in [-0.05, 0) is 18.6 Å². The fourth-order valence-corrected chi connectivity index (χ4v) is 1.31. The third kappa shape index (κ3) is 2.43. The minimum absolute atomic E-state index is 0.380. The van der Waals surface area contributed by atoms with E-state index in [0.29, 0.717) is 18.9 Å². The summed E-state index contributed by atoms with van der Waals surface area (Å²) in [5, 5.41) is 20.3. The van der Waals surface area contributed by atoms with Gasteiger partial charge in [0.1, 0.15) is 5.52 Å². The van der Waals surface area contributed by atoms with Crippen molar-refractivity contribution in [1.29, 1.82) is 0 Å². The molecule has 2 N–H and O–H groups in total. The van der Waals surface area contributed by atoms with E-state index < -0.39 is 0 Å². The van der Waals surface area contributed by atoms with Crippen molar-refractivity contribution in [1.82, 2.24) is 15.2 Å². The summed E-state index contributed by atoms with van der Waals surface area (Å²) >= 11 is 0. The predicted molar refractivity (Wildman–Crippen MR) is 62.1 cm³/mol. The van der Waals surface area contributed by atoms with Crippen LogP contribution in [0.3, 0.4) is 0 Å². The molecule has 0 saturated heterocycles. The number of nitrogens with zero attached hydrogens (tertiary/aromatic N) is 3. The number of aliphatic hydroxyl groups is 1. The average Bonchev–Trinajstić information content (AvgIpc) is 2.35. The summed E-state index contributed by atoms with van der Waals surface area (Å²) < 4.78 is 0. The number of benzene rings is 1. The molecule has 0 bridgehead atoms. The Bertz CT molecular complexity index is 474. The third-order valence-corrected chi connectivity index (χ3v) is 2.33. The van der Waals surface area contributed by atoms with E-state index in [1.807, 2.05) is 31.2 Å². The molecule has 2 aromatic rings. The Balaban J connectivity index is 2.13. The Labute approximate surface area is 93.5 Å². The van der Waals surface area contributed by atoms with Crippen molar-refractivity contribution in [2.24, 2.45) is 0 Å². The molecule has 1 aromatic heterocycles. The van der Waals surface area contributed by atoms with Gasteiger partial charge in [0.15, 0.2) is 0 Å². The van der Waals surface area contributed by atoms with E-state index in [2.05, 4.69) is 20.5 Å². The smallest absolute Gasteiger partial charge is 0.243 e. The molecule has 0 radical (unpaired) electrons. The summed E-state index contributed by atoms with van der Waals surface area (Å²) in [6, 6.07) is 7.54. The summed E-state index contributed by atoms with van der Waals surface area (Å²) in [6.45, 7) is 2.36. The molecule has 5 heteroatoms. The van der Waals surface area contributed by atoms with Crippen LogP contribution in [0.5, 0.6) is 0 Å². The molecule has 0 fully saturated rings. The van der Waals surface area contributed by atoms with E-state index in [-0.39, 0.29) is 6.10 Å². The number of para-hydroxylation sites is 1. The van der Waals surface area contributed by atoms with Crippen molar-refractivity contribution < 1.29 is 5.11 Å². The second-order valence-corrected chi connectivity index (χ2v) is 3.57. The van der Waals surface area contributed by atoms with Crippen LogP contribution < -0.4 is 5.32 Å². The number of hydrogen-bond donors (Lipinski definition) is 2. The highest BCUT2D eigenvalue weighted by Crippen LogP contribution is 2.08. The lowest BCUT2D eigenvalue weighted by Crippen LogP contribution is -2.19. The molecule has 16 heavy (non-hydrogen) atoms. The fourth-order valence-electron chi connectivity index (χ4n) is 1.31. The highest BCUT2D eigenvalue weighted by atomic mass is 16.3. The Morgan fingerprint density at radius 1 is 1.25 bits per heavy atom. The van der Waals surface area contributed by atoms with Gasteiger partial charge in [0.25, 0.3) is 0 Å². The van der Waals surface area contributed by atoms with Crippen LogP contribution in [-0.2, 0) is 0 Å². The first kappa shape index (κ1) is 10.8. The van der Waals surface area contributed by atoms with Gasteiger partial charge in [0.2, 0.25) is 5.95 Å². The number of anilines is 1. The lowest BCUT2D eigenvalue weighted by Gasteiger charge is -2.08. The van der Waals surface area contributed by atoms with Crippen molar-refractivity contribution in [2.45, 2.75) is 19.4 Å². The second kappa shape index (κ2) is 4.85. The zero-order valence-corrected chi connectivity index (χ0v) is 9.09. The third-order valence-electron chi connectivity index (χ3n) is 2.33. The van der Waals surface area contributed by atoms with Crippen LogP contribution in [0.4, 0.5) is 5.95 Å². The Morgan fingerprint density at radius 3 is 2.75 bits per heavy atom. The minimum Gasteiger partial charge on any atom is -0.391 e. The van der Waals surface area contributed by atoms with Gasteiger partial charge in [-0.25, -0.2) is 4.98 Å². The van der Waals surface area contributed by atoms with Gasteiger partial charge < -0.3 is 10.4 Å². The largest absolute Gasteiger partial charge is 0.391 e. The van der Waals surface area contributed by atoms with Gasteiger partial charge >= 0.3 is 0 Å². The highest BCUT2D eigenvalue weighted by Gasteiger charge is 2.03. The van der Waals surface area contributed by atoms with E-state index in [1.165, 1.54) is 0 Å². The molecule has 0 saturated carbocycles. The van der Waals surface area contributed by atoms with Gasteiger partial charge in [0, 0.05) is 6.54 Å². The maximum atomic E-state index is 9.39. The van der Waals surface area contributed by atoms with Crippen LogP contribution in [-0.4, -0.2) is 32.9 Å². The van der Waals surface area contributed by atoms with Gasteiger partial charge in [-0.3, -0.25) is 0 Å². The van der Waals surface area contributed by atoms with Gasteiger partial charge in [-0.1, -0.05) is 19.1 Å². The van der Waals surface area contributed by atoms with Gasteiger partial charge in [0.05, 0.1) is 11.6 Å². The van der Waals surface area contributed by atoms with Crippen molar-refractivity contribution in [2.75, 3.05) is 11.9 Å². The molecule has 1 atom stereocenters. The predicted octanol–water partition coefficient (Wildman–Crippen LogP) is 1.21. The molecule has 1 unspecified atom stereocenters. The number of rotatable bonds is 4. The zero-order chi connectivity index (χ0) is 11.4. The maximum Gasteiger partial charge on any atom is 0.243 e. The molecule has 0 amide bonds. The number of nitrogens with one attached hydrogen (secondary N) is 1. The molecule has 0 aliphatic carbocycles. The summed E-state index contributed by atoms with van der Waals surface area (Å²) in [5.41, 5.74) is 1.56. The number of aromatic nitrogens is 3. The lowest BCUT2D eigenvalue weighted by molar-refractivity contribution is 0.183. The van der Waals surface area contributed by atoms with Crippen LogP contribution in [0, 0.1) is 0 Å². The normalized spacial score (nSPS) is 12.6. The van der Waals surface area contributed by atoms with E-state index in [1.54, 1.807) is 0 Å². The number of hydrogen-bond acceptors (Lipinski definition) is 5. The Kier molecular flexibility index (Phi) is 3.26. The average molecular weight is 218 g/mol. The maximum absolute atomic E-state index is 9.39. The zero-order valence-electron chi connectivity index (χ0n) is 9.09. The topological polar surface area (TPSA) is 70.9 Å². The molecule has 5 nitrogen and oxygen atoms in total. The molecule has 0 aliphatic rings. The van der Waals surface area contributed by atoms with Gasteiger partial charge in [-0.2, -0.15) is 0 Å². The standard InChI is InChI=1S/C11H14N4O/c1-2-8(16)7-12-11-13-9-5-3-4-6-10(9)14-15-11/h3-6,8,16H,2,7H2,1H3,(H,12,13,15). The van der Waals surface area contributed by atoms with E-state index in [4.69, 9.17) is 0 Å². The molecule has 0 aliphatic heterocycles. The van der Waals surface area contributed by atoms with E-state index in [0.717, 1.165) is 11.0 Å². The molecular weight excluding hydrogens is 204 g/mol. The lowest BCUT2D eigenvalue weighted by atomic mass is 10.3. The molecule has 84 valence electrons. The van der Waals surface area contributed by atoms with Crippen LogP contribution in [0.25, 0.3) is 11.0 Å². The summed E-state index contributed by atoms with van der Waals surface area (Å²) in [5.74, 6) is 0.450. The van der Waals surface area contributed by atoms with Crippen molar-refractivity contribution in [3.8, 4) is 0 Å². The minimum atomic E-state index is -0.380. The first-order chi connectivity index (χ1) is 7.79. The SMILES string of the molecule is CCC(O)CNc1nnc2ccccc2n1. The molecule has 1 heterocycles. The van der Waals surface area contributed by atoms with Crippen LogP contribution in [0.1, 0.15) is 13.3 Å². The van der Waals surface area contributed by atoms with Crippen molar-refractivity contribution >= 4 is 17.0 Å². The first-order valence-electron chi connectivity index (χ1n) is 5.31. The second-order valence-electron chi connectivity index (χ2n) is 3.57. The van der Waals surface area contributed by atoms with E-state index in [9.17, 15) is 5.11 Å². The van der Waals surface area contributed by atoms with Crippen LogP contribution in [0.15, 0.2) is 24.3 Å². The Hall–Kier alpha value is -1.75. The fraction of sp³-hybridized carbons (Fsp3) is 0.364. The van der Waals surface area contributed by atoms with Crippen LogP contribution >= 0.6 is 0 Å². The van der Waals surface area contributed by atoms with Crippen molar-refractivity contribution in [3.05, 3.63) is 24.3 Å². The van der Waals surface area contributed by atoms with Crippen LogP contribution in [0.2, 0.25) is 0 Å². The van der Waals surface area contributed by atoms with Crippen molar-refractivity contribution in [3.63, 3.8) is 0 Å². The monoisotopic (exact) mass is 218 g/mol.